The second kappa shape index (κ2) is 11.9. The van der Waals surface area contributed by atoms with E-state index in [0.717, 1.165) is 56.8 Å². The van der Waals surface area contributed by atoms with Crippen LogP contribution in [-0.2, 0) is 4.74 Å². The van der Waals surface area contributed by atoms with Gasteiger partial charge in [0, 0.05) is 37.2 Å². The first-order valence-corrected chi connectivity index (χ1v) is 12.0. The maximum atomic E-state index is 13.0. The molecule has 0 saturated carbocycles. The van der Waals surface area contributed by atoms with Gasteiger partial charge >= 0.3 is 6.03 Å². The first kappa shape index (κ1) is 24.8. The number of anilines is 2. The van der Waals surface area contributed by atoms with Crippen LogP contribution >= 0.6 is 0 Å². The molecule has 1 fully saturated rings. The number of hydrogen-bond donors (Lipinski definition) is 2. The molecule has 33 heavy (non-hydrogen) atoms. The lowest BCUT2D eigenvalue weighted by molar-refractivity contribution is 0.122. The van der Waals surface area contributed by atoms with Gasteiger partial charge in [0.25, 0.3) is 0 Å². The van der Waals surface area contributed by atoms with Crippen molar-refractivity contribution in [3.05, 3.63) is 48.3 Å². The number of benzene rings is 1. The SMILES string of the molecule is CCCCCOc1cc(N2CCOCC2)ccc1NC(=O)NC(c1cccnc1)C(C)(C)C. The first-order chi connectivity index (χ1) is 15.9. The number of ether oxygens (including phenoxy) is 2. The topological polar surface area (TPSA) is 75.7 Å². The monoisotopic (exact) mass is 454 g/mol. The van der Waals surface area contributed by atoms with Crippen molar-refractivity contribution < 1.29 is 14.3 Å². The van der Waals surface area contributed by atoms with Crippen molar-refractivity contribution in [1.29, 1.82) is 0 Å². The van der Waals surface area contributed by atoms with Gasteiger partial charge in [-0.05, 0) is 35.6 Å². The highest BCUT2D eigenvalue weighted by Gasteiger charge is 2.28. The average molecular weight is 455 g/mol. The lowest BCUT2D eigenvalue weighted by Gasteiger charge is -2.32. The fraction of sp³-hybridized carbons (Fsp3) is 0.538. The van der Waals surface area contributed by atoms with Crippen molar-refractivity contribution in [1.82, 2.24) is 10.3 Å². The molecule has 2 N–H and O–H groups in total. The summed E-state index contributed by atoms with van der Waals surface area (Å²) < 4.78 is 11.6. The van der Waals surface area contributed by atoms with E-state index in [4.69, 9.17) is 9.47 Å². The molecule has 0 aliphatic carbocycles. The Labute approximate surface area is 197 Å². The summed E-state index contributed by atoms with van der Waals surface area (Å²) in [5.41, 5.74) is 2.54. The van der Waals surface area contributed by atoms with E-state index in [1.807, 2.05) is 30.3 Å². The highest BCUT2D eigenvalue weighted by molar-refractivity contribution is 5.91. The molecule has 1 aliphatic heterocycles. The minimum absolute atomic E-state index is 0.181. The summed E-state index contributed by atoms with van der Waals surface area (Å²) in [7, 11) is 0. The highest BCUT2D eigenvalue weighted by atomic mass is 16.5. The average Bonchev–Trinajstić information content (AvgIpc) is 2.81. The van der Waals surface area contributed by atoms with Crippen molar-refractivity contribution in [3.63, 3.8) is 0 Å². The lowest BCUT2D eigenvalue weighted by atomic mass is 9.83. The Bertz CT molecular complexity index is 877. The summed E-state index contributed by atoms with van der Waals surface area (Å²) in [6, 6.07) is 9.40. The molecule has 1 unspecified atom stereocenters. The Hall–Kier alpha value is -2.80. The summed E-state index contributed by atoms with van der Waals surface area (Å²) in [5.74, 6) is 0.693. The van der Waals surface area contributed by atoms with Gasteiger partial charge in [0.2, 0.25) is 0 Å². The molecule has 7 heteroatoms. The number of morpholine rings is 1. The zero-order valence-electron chi connectivity index (χ0n) is 20.4. The third-order valence-electron chi connectivity index (χ3n) is 5.75. The van der Waals surface area contributed by atoms with Crippen LogP contribution < -0.4 is 20.3 Å². The van der Waals surface area contributed by atoms with Crippen molar-refractivity contribution in [2.24, 2.45) is 5.41 Å². The number of pyridine rings is 1. The number of carbonyl (C=O) groups is 1. The standard InChI is InChI=1S/C26H38N4O3/c1-5-6-7-15-33-23-18-21(30-13-16-32-17-14-30)10-11-22(23)28-25(31)29-24(26(2,3)4)20-9-8-12-27-19-20/h8-12,18-19,24H,5-7,13-17H2,1-4H3,(H2,28,29,31). The number of nitrogens with zero attached hydrogens (tertiary/aromatic N) is 2. The van der Waals surface area contributed by atoms with E-state index in [-0.39, 0.29) is 17.5 Å². The van der Waals surface area contributed by atoms with E-state index >= 15 is 0 Å². The van der Waals surface area contributed by atoms with Gasteiger partial charge in [-0.25, -0.2) is 4.79 Å². The number of amides is 2. The number of unbranched alkanes of at least 4 members (excludes halogenated alkanes) is 2. The van der Waals surface area contributed by atoms with Crippen LogP contribution in [0.15, 0.2) is 42.7 Å². The molecule has 3 rings (SSSR count). The Morgan fingerprint density at radius 2 is 2.00 bits per heavy atom. The predicted octanol–water partition coefficient (Wildman–Crippen LogP) is 5.40. The Morgan fingerprint density at radius 1 is 1.21 bits per heavy atom. The van der Waals surface area contributed by atoms with Crippen LogP contribution in [0.1, 0.15) is 58.6 Å². The predicted molar refractivity (Wildman–Crippen MR) is 133 cm³/mol. The van der Waals surface area contributed by atoms with Crippen LogP contribution in [0.3, 0.4) is 0 Å². The van der Waals surface area contributed by atoms with Crippen molar-refractivity contribution in [2.45, 2.75) is 53.0 Å². The van der Waals surface area contributed by atoms with E-state index < -0.39 is 0 Å². The van der Waals surface area contributed by atoms with Crippen LogP contribution in [0, 0.1) is 5.41 Å². The molecule has 7 nitrogen and oxygen atoms in total. The minimum Gasteiger partial charge on any atom is -0.491 e. The van der Waals surface area contributed by atoms with Crippen LogP contribution in [0.4, 0.5) is 16.2 Å². The molecule has 0 bridgehead atoms. The highest BCUT2D eigenvalue weighted by Crippen LogP contribution is 2.34. The van der Waals surface area contributed by atoms with Crippen LogP contribution in [0.5, 0.6) is 5.75 Å². The summed E-state index contributed by atoms with van der Waals surface area (Å²) >= 11 is 0. The van der Waals surface area contributed by atoms with Crippen molar-refractivity contribution in [2.75, 3.05) is 43.1 Å². The van der Waals surface area contributed by atoms with Gasteiger partial charge in [-0.1, -0.05) is 46.6 Å². The minimum atomic E-state index is -0.267. The maximum absolute atomic E-state index is 13.0. The first-order valence-electron chi connectivity index (χ1n) is 12.0. The largest absolute Gasteiger partial charge is 0.491 e. The third kappa shape index (κ3) is 7.35. The molecule has 2 heterocycles. The van der Waals surface area contributed by atoms with Gasteiger partial charge in [0.15, 0.2) is 0 Å². The van der Waals surface area contributed by atoms with Crippen molar-refractivity contribution in [3.8, 4) is 5.75 Å². The van der Waals surface area contributed by atoms with Gasteiger partial charge in [0.1, 0.15) is 5.75 Å². The third-order valence-corrected chi connectivity index (χ3v) is 5.75. The molecule has 0 radical (unpaired) electrons. The normalized spacial score (nSPS) is 15.1. The number of hydrogen-bond acceptors (Lipinski definition) is 5. The molecule has 0 spiro atoms. The van der Waals surface area contributed by atoms with E-state index in [9.17, 15) is 4.79 Å². The fourth-order valence-corrected chi connectivity index (χ4v) is 3.92. The second-order valence-corrected chi connectivity index (χ2v) is 9.52. The number of aromatic nitrogens is 1. The number of nitrogens with one attached hydrogen (secondary N) is 2. The molecule has 1 aromatic carbocycles. The Kier molecular flexibility index (Phi) is 8.95. The van der Waals surface area contributed by atoms with E-state index in [1.54, 1.807) is 12.4 Å². The molecule has 1 saturated heterocycles. The Balaban J connectivity index is 1.75. The lowest BCUT2D eigenvalue weighted by Crippen LogP contribution is -2.39. The van der Waals surface area contributed by atoms with E-state index in [0.29, 0.717) is 18.0 Å². The zero-order chi connectivity index (χ0) is 23.7. The number of rotatable bonds is 9. The van der Waals surface area contributed by atoms with E-state index in [1.165, 1.54) is 0 Å². The van der Waals surface area contributed by atoms with Crippen LogP contribution in [0.2, 0.25) is 0 Å². The summed E-state index contributed by atoms with van der Waals surface area (Å²) in [4.78, 5) is 19.5. The molecule has 1 atom stereocenters. The fourth-order valence-electron chi connectivity index (χ4n) is 3.92. The Morgan fingerprint density at radius 3 is 2.67 bits per heavy atom. The molecule has 1 aliphatic rings. The quantitative estimate of drug-likeness (QED) is 0.497. The molecular formula is C26H38N4O3. The molecule has 2 aromatic rings. The molecule has 180 valence electrons. The molecule has 1 aromatic heterocycles. The van der Waals surface area contributed by atoms with Gasteiger partial charge < -0.3 is 25.0 Å². The van der Waals surface area contributed by atoms with Crippen molar-refractivity contribution >= 4 is 17.4 Å². The molecule has 2 amide bonds. The van der Waals surface area contributed by atoms with E-state index in [2.05, 4.69) is 48.2 Å². The summed E-state index contributed by atoms with van der Waals surface area (Å²) in [6.45, 7) is 12.2. The summed E-state index contributed by atoms with van der Waals surface area (Å²) in [6.07, 6.45) is 6.77. The molecular weight excluding hydrogens is 416 g/mol. The number of urea groups is 1. The van der Waals surface area contributed by atoms with Gasteiger partial charge in [0.05, 0.1) is 31.5 Å². The smallest absolute Gasteiger partial charge is 0.319 e. The van der Waals surface area contributed by atoms with Gasteiger partial charge in [-0.2, -0.15) is 0 Å². The van der Waals surface area contributed by atoms with Crippen LogP contribution in [0.25, 0.3) is 0 Å². The van der Waals surface area contributed by atoms with Crippen LogP contribution in [-0.4, -0.2) is 43.9 Å². The summed E-state index contributed by atoms with van der Waals surface area (Å²) in [5, 5.41) is 6.15. The maximum Gasteiger partial charge on any atom is 0.319 e. The second-order valence-electron chi connectivity index (χ2n) is 9.52. The van der Waals surface area contributed by atoms with Gasteiger partial charge in [-0.15, -0.1) is 0 Å². The number of carbonyl (C=O) groups excluding carboxylic acids is 1. The van der Waals surface area contributed by atoms with Gasteiger partial charge in [-0.3, -0.25) is 4.98 Å². The zero-order valence-corrected chi connectivity index (χ0v) is 20.4.